The first kappa shape index (κ1) is 16.9. The highest BCUT2D eigenvalue weighted by Gasteiger charge is 2.22. The second-order valence-corrected chi connectivity index (χ2v) is 7.36. The fourth-order valence-corrected chi connectivity index (χ4v) is 3.75. The number of nitrogens with one attached hydrogen (secondary N) is 1. The first-order valence-electron chi connectivity index (χ1n) is 9.19. The van der Waals surface area contributed by atoms with E-state index in [2.05, 4.69) is 72.5 Å². The van der Waals surface area contributed by atoms with Crippen molar-refractivity contribution in [2.45, 2.75) is 33.0 Å². The molecule has 0 saturated carbocycles. The van der Waals surface area contributed by atoms with Gasteiger partial charge in [-0.1, -0.05) is 0 Å². The Morgan fingerprint density at radius 1 is 1.08 bits per heavy atom. The Bertz CT molecular complexity index is 923. The molecule has 0 radical (unpaired) electrons. The van der Waals surface area contributed by atoms with Gasteiger partial charge >= 0.3 is 0 Å². The van der Waals surface area contributed by atoms with Gasteiger partial charge in [0.15, 0.2) is 0 Å². The summed E-state index contributed by atoms with van der Waals surface area (Å²) in [6.45, 7) is 8.30. The van der Waals surface area contributed by atoms with E-state index in [0.29, 0.717) is 0 Å². The molecule has 26 heavy (non-hydrogen) atoms. The second kappa shape index (κ2) is 6.65. The van der Waals surface area contributed by atoms with Crippen LogP contribution in [0.4, 0.5) is 17.1 Å². The summed E-state index contributed by atoms with van der Waals surface area (Å²) in [5.41, 5.74) is 5.67. The van der Waals surface area contributed by atoms with Crippen LogP contribution in [0, 0.1) is 6.92 Å². The molecule has 0 aliphatic carbocycles. The fourth-order valence-electron chi connectivity index (χ4n) is 3.75. The number of nitrogens with zero attached hydrogens (tertiary/aromatic N) is 3. The number of hydrogen-bond acceptors (Lipinski definition) is 4. The zero-order valence-electron chi connectivity index (χ0n) is 15.9. The number of rotatable bonds is 3. The maximum absolute atomic E-state index is 5.85. The minimum atomic E-state index is 0.266. The first-order chi connectivity index (χ1) is 12.5. The average molecular weight is 350 g/mol. The van der Waals surface area contributed by atoms with Crippen molar-refractivity contribution in [2.75, 3.05) is 23.3 Å². The molecule has 2 aromatic carbocycles. The van der Waals surface area contributed by atoms with Gasteiger partial charge in [0.2, 0.25) is 0 Å². The van der Waals surface area contributed by atoms with Gasteiger partial charge in [-0.3, -0.25) is 4.68 Å². The summed E-state index contributed by atoms with van der Waals surface area (Å²) in [6, 6.07) is 12.9. The van der Waals surface area contributed by atoms with Gasteiger partial charge in [-0.15, -0.1) is 0 Å². The molecule has 5 heteroatoms. The predicted octanol–water partition coefficient (Wildman–Crippen LogP) is 4.24. The molecule has 1 unspecified atom stereocenters. The minimum absolute atomic E-state index is 0.266. The van der Waals surface area contributed by atoms with Crippen LogP contribution in [-0.4, -0.2) is 35.1 Å². The van der Waals surface area contributed by atoms with Gasteiger partial charge in [0.1, 0.15) is 0 Å². The molecule has 1 N–H and O–H groups in total. The highest BCUT2D eigenvalue weighted by Crippen LogP contribution is 2.28. The average Bonchev–Trinajstić information content (AvgIpc) is 2.95. The summed E-state index contributed by atoms with van der Waals surface area (Å²) in [4.78, 5) is 2.41. The lowest BCUT2D eigenvalue weighted by atomic mass is 10.1. The third kappa shape index (κ3) is 3.40. The Morgan fingerprint density at radius 3 is 2.58 bits per heavy atom. The van der Waals surface area contributed by atoms with Crippen molar-refractivity contribution in [3.05, 3.63) is 48.2 Å². The van der Waals surface area contributed by atoms with Gasteiger partial charge in [0.05, 0.1) is 17.7 Å². The van der Waals surface area contributed by atoms with Crippen LogP contribution in [0.5, 0.6) is 0 Å². The normalized spacial score (nSPS) is 20.5. The molecule has 136 valence electrons. The molecule has 0 amide bonds. The quantitative estimate of drug-likeness (QED) is 0.767. The Balaban J connectivity index is 1.55. The van der Waals surface area contributed by atoms with Crippen molar-refractivity contribution in [1.82, 2.24) is 9.78 Å². The molecule has 4 rings (SSSR count). The van der Waals surface area contributed by atoms with E-state index in [9.17, 15) is 0 Å². The number of ether oxygens (including phenoxy) is 1. The van der Waals surface area contributed by atoms with Gasteiger partial charge in [-0.25, -0.2) is 0 Å². The Hall–Kier alpha value is -2.53. The Labute approximate surface area is 154 Å². The van der Waals surface area contributed by atoms with Crippen LogP contribution in [0.25, 0.3) is 10.9 Å². The summed E-state index contributed by atoms with van der Waals surface area (Å²) in [5.74, 6) is 0. The van der Waals surface area contributed by atoms with Gasteiger partial charge in [0.25, 0.3) is 0 Å². The third-order valence-corrected chi connectivity index (χ3v) is 4.90. The molecule has 1 aromatic heterocycles. The molecule has 1 aliphatic rings. The van der Waals surface area contributed by atoms with Crippen LogP contribution in [0.1, 0.15) is 19.4 Å². The fraction of sp³-hybridized carbons (Fsp3) is 0.381. The van der Waals surface area contributed by atoms with Gasteiger partial charge in [-0.2, -0.15) is 5.10 Å². The molecule has 1 aliphatic heterocycles. The van der Waals surface area contributed by atoms with Gasteiger partial charge in [-0.05, 0) is 62.7 Å². The number of benzene rings is 2. The summed E-state index contributed by atoms with van der Waals surface area (Å²) < 4.78 is 7.69. The summed E-state index contributed by atoms with van der Waals surface area (Å²) in [6.07, 6.45) is 2.56. The van der Waals surface area contributed by atoms with Crippen LogP contribution >= 0.6 is 0 Å². The lowest BCUT2D eigenvalue weighted by Crippen LogP contribution is -2.45. The van der Waals surface area contributed by atoms with Crippen LogP contribution in [-0.2, 0) is 11.8 Å². The maximum atomic E-state index is 5.85. The van der Waals surface area contributed by atoms with Crippen LogP contribution in [0.15, 0.2) is 42.6 Å². The zero-order chi connectivity index (χ0) is 18.3. The largest absolute Gasteiger partial charge is 0.372 e. The summed E-state index contributed by atoms with van der Waals surface area (Å²) >= 11 is 0. The maximum Gasteiger partial charge on any atom is 0.0943 e. The first-order valence-corrected chi connectivity index (χ1v) is 9.19. The van der Waals surface area contributed by atoms with E-state index in [1.54, 1.807) is 0 Å². The molecular weight excluding hydrogens is 324 g/mol. The van der Waals surface area contributed by atoms with Crippen molar-refractivity contribution < 1.29 is 4.74 Å². The summed E-state index contributed by atoms with van der Waals surface area (Å²) in [7, 11) is 1.95. The molecule has 3 aromatic rings. The van der Waals surface area contributed by atoms with Crippen molar-refractivity contribution in [2.24, 2.45) is 7.05 Å². The van der Waals surface area contributed by atoms with Crippen LogP contribution in [0.2, 0.25) is 0 Å². The highest BCUT2D eigenvalue weighted by molar-refractivity contribution is 5.83. The lowest BCUT2D eigenvalue weighted by Gasteiger charge is -2.37. The van der Waals surface area contributed by atoms with E-state index in [1.165, 1.54) is 11.3 Å². The van der Waals surface area contributed by atoms with Crippen molar-refractivity contribution in [3.8, 4) is 0 Å². The summed E-state index contributed by atoms with van der Waals surface area (Å²) in [5, 5.41) is 9.17. The third-order valence-electron chi connectivity index (χ3n) is 4.90. The monoisotopic (exact) mass is 350 g/mol. The standard InChI is InChI=1S/C21H26N4O/c1-14-9-19(25-11-15(2)26-16(3)12-25)7-8-20(14)22-18-6-5-17-13-24(4)23-21(17)10-18/h5-10,13,15-16,22H,11-12H2,1-4H3/t15-,16?/m1/s1. The van der Waals surface area contributed by atoms with Crippen molar-refractivity contribution >= 4 is 28.0 Å². The van der Waals surface area contributed by atoms with E-state index < -0.39 is 0 Å². The van der Waals surface area contributed by atoms with Crippen molar-refractivity contribution in [3.63, 3.8) is 0 Å². The van der Waals surface area contributed by atoms with E-state index >= 15 is 0 Å². The minimum Gasteiger partial charge on any atom is -0.372 e. The highest BCUT2D eigenvalue weighted by atomic mass is 16.5. The molecule has 5 nitrogen and oxygen atoms in total. The Kier molecular flexibility index (Phi) is 4.32. The van der Waals surface area contributed by atoms with Crippen LogP contribution in [0.3, 0.4) is 0 Å². The Morgan fingerprint density at radius 2 is 1.85 bits per heavy atom. The van der Waals surface area contributed by atoms with Gasteiger partial charge in [0, 0.05) is 48.8 Å². The molecule has 1 saturated heterocycles. The lowest BCUT2D eigenvalue weighted by molar-refractivity contribution is -0.00521. The topological polar surface area (TPSA) is 42.3 Å². The molecular formula is C21H26N4O. The van der Waals surface area contributed by atoms with Crippen molar-refractivity contribution in [1.29, 1.82) is 0 Å². The van der Waals surface area contributed by atoms with Gasteiger partial charge < -0.3 is 15.0 Å². The molecule has 2 atom stereocenters. The molecule has 0 spiro atoms. The van der Waals surface area contributed by atoms with Crippen LogP contribution < -0.4 is 10.2 Å². The number of aromatic nitrogens is 2. The number of aryl methyl sites for hydroxylation is 2. The number of anilines is 3. The second-order valence-electron chi connectivity index (χ2n) is 7.36. The predicted molar refractivity (Wildman–Crippen MR) is 107 cm³/mol. The van der Waals surface area contributed by atoms with E-state index in [0.717, 1.165) is 35.4 Å². The number of fused-ring (bicyclic) bond motifs is 1. The smallest absolute Gasteiger partial charge is 0.0943 e. The number of hydrogen-bond donors (Lipinski definition) is 1. The SMILES string of the molecule is Cc1cc(N2CC(C)O[C@H](C)C2)ccc1Nc1ccc2cn(C)nc2c1. The van der Waals surface area contributed by atoms with E-state index in [4.69, 9.17) is 4.74 Å². The zero-order valence-corrected chi connectivity index (χ0v) is 15.9. The van der Waals surface area contributed by atoms with E-state index in [-0.39, 0.29) is 12.2 Å². The van der Waals surface area contributed by atoms with E-state index in [1.807, 2.05) is 17.9 Å². The molecule has 2 heterocycles. The molecule has 0 bridgehead atoms. The molecule has 1 fully saturated rings. The number of morpholine rings is 1.